The van der Waals surface area contributed by atoms with Crippen molar-refractivity contribution in [1.29, 1.82) is 0 Å². The molecule has 0 aliphatic carbocycles. The average molecular weight is 460 g/mol. The lowest BCUT2D eigenvalue weighted by Crippen LogP contribution is -2.47. The second kappa shape index (κ2) is 12.1. The van der Waals surface area contributed by atoms with Gasteiger partial charge in [-0.3, -0.25) is 14.4 Å². The van der Waals surface area contributed by atoms with Gasteiger partial charge in [0.05, 0.1) is 19.2 Å². The van der Waals surface area contributed by atoms with Crippen LogP contribution in [-0.4, -0.2) is 50.6 Å². The van der Waals surface area contributed by atoms with Crippen molar-refractivity contribution >= 4 is 29.1 Å². The Morgan fingerprint density at radius 3 is 2.88 bits per heavy atom. The van der Waals surface area contributed by atoms with E-state index in [2.05, 4.69) is 16.0 Å². The fourth-order valence-corrected chi connectivity index (χ4v) is 4.10. The monoisotopic (exact) mass is 459 g/mol. The van der Waals surface area contributed by atoms with Crippen molar-refractivity contribution in [3.63, 3.8) is 0 Å². The number of hydrogen-bond donors (Lipinski definition) is 3. The number of hydrogen-bond acceptors (Lipinski definition) is 6. The minimum absolute atomic E-state index is 0.150. The first-order chi connectivity index (χ1) is 15.6. The molecule has 0 bridgehead atoms. The number of carbonyl (C=O) groups is 3. The second-order valence-corrected chi connectivity index (χ2v) is 8.28. The molecule has 32 heavy (non-hydrogen) atoms. The SMILES string of the molecule is COc1ccc2c(c1)OCCNC(=O)[C@@H](NC(=O)CCc1ccsc1)CCCCNC2=O. The summed E-state index contributed by atoms with van der Waals surface area (Å²) in [4.78, 5) is 37.6. The van der Waals surface area contributed by atoms with Gasteiger partial charge in [0.25, 0.3) is 5.91 Å². The molecule has 3 N–H and O–H groups in total. The Morgan fingerprint density at radius 1 is 1.22 bits per heavy atom. The zero-order valence-corrected chi connectivity index (χ0v) is 19.0. The number of aryl methyl sites for hydroxylation is 1. The Balaban J connectivity index is 1.60. The Kier molecular flexibility index (Phi) is 8.91. The maximum atomic E-state index is 12.7. The molecule has 1 aromatic carbocycles. The van der Waals surface area contributed by atoms with Gasteiger partial charge in [0, 0.05) is 19.0 Å². The largest absolute Gasteiger partial charge is 0.497 e. The predicted molar refractivity (Wildman–Crippen MR) is 122 cm³/mol. The van der Waals surface area contributed by atoms with Crippen molar-refractivity contribution in [2.24, 2.45) is 0 Å². The third-order valence-corrected chi connectivity index (χ3v) is 5.90. The van der Waals surface area contributed by atoms with Gasteiger partial charge in [-0.1, -0.05) is 0 Å². The lowest BCUT2D eigenvalue weighted by molar-refractivity contribution is -0.129. The van der Waals surface area contributed by atoms with Gasteiger partial charge in [0.15, 0.2) is 0 Å². The molecule has 2 heterocycles. The molecule has 2 aromatic rings. The number of methoxy groups -OCH3 is 1. The van der Waals surface area contributed by atoms with E-state index >= 15 is 0 Å². The number of carbonyl (C=O) groups excluding carboxylic acids is 3. The number of nitrogens with one attached hydrogen (secondary N) is 3. The first-order valence-corrected chi connectivity index (χ1v) is 11.7. The van der Waals surface area contributed by atoms with Gasteiger partial charge in [0.1, 0.15) is 24.1 Å². The summed E-state index contributed by atoms with van der Waals surface area (Å²) in [5.74, 6) is 0.368. The fraction of sp³-hybridized carbons (Fsp3) is 0.435. The van der Waals surface area contributed by atoms with Crippen LogP contribution in [0.25, 0.3) is 0 Å². The molecule has 0 saturated heterocycles. The second-order valence-electron chi connectivity index (χ2n) is 7.50. The van der Waals surface area contributed by atoms with E-state index in [-0.39, 0.29) is 30.9 Å². The van der Waals surface area contributed by atoms with Crippen molar-refractivity contribution in [3.05, 3.63) is 46.2 Å². The van der Waals surface area contributed by atoms with Crippen LogP contribution in [0.4, 0.5) is 0 Å². The Labute approximate surface area is 191 Å². The summed E-state index contributed by atoms with van der Waals surface area (Å²) >= 11 is 1.60. The van der Waals surface area contributed by atoms with E-state index in [0.717, 1.165) is 5.56 Å². The minimum atomic E-state index is -0.615. The topological polar surface area (TPSA) is 106 Å². The highest BCUT2D eigenvalue weighted by Gasteiger charge is 2.21. The maximum absolute atomic E-state index is 12.7. The van der Waals surface area contributed by atoms with Gasteiger partial charge in [-0.15, -0.1) is 0 Å². The number of benzene rings is 1. The molecule has 8 nitrogen and oxygen atoms in total. The predicted octanol–water partition coefficient (Wildman–Crippen LogP) is 2.28. The van der Waals surface area contributed by atoms with Crippen LogP contribution in [0.5, 0.6) is 11.5 Å². The lowest BCUT2D eigenvalue weighted by Gasteiger charge is -2.20. The van der Waals surface area contributed by atoms with Crippen LogP contribution in [-0.2, 0) is 16.0 Å². The highest BCUT2D eigenvalue weighted by atomic mass is 32.1. The van der Waals surface area contributed by atoms with E-state index in [9.17, 15) is 14.4 Å². The standard InChI is InChI=1S/C23H29N3O5S/c1-30-17-6-7-18-20(14-17)31-12-11-25-23(29)19(4-2-3-10-24-22(18)28)26-21(27)8-5-16-9-13-32-15-16/h6-7,9,13-15,19H,2-5,8,10-12H2,1H3,(H,24,28)(H,25,29)(H,26,27)/t19-/m0/s1. The summed E-state index contributed by atoms with van der Waals surface area (Å²) < 4.78 is 11.0. The van der Waals surface area contributed by atoms with E-state index in [1.165, 1.54) is 0 Å². The average Bonchev–Trinajstić information content (AvgIpc) is 3.32. The summed E-state index contributed by atoms with van der Waals surface area (Å²) in [5.41, 5.74) is 1.54. The van der Waals surface area contributed by atoms with Crippen molar-refractivity contribution < 1.29 is 23.9 Å². The van der Waals surface area contributed by atoms with E-state index in [1.54, 1.807) is 36.6 Å². The first-order valence-electron chi connectivity index (χ1n) is 10.7. The lowest BCUT2D eigenvalue weighted by atomic mass is 10.1. The Bertz CT molecular complexity index is 916. The van der Waals surface area contributed by atoms with Crippen LogP contribution in [0.1, 0.15) is 41.6 Å². The number of ether oxygens (including phenoxy) is 2. The number of fused-ring (bicyclic) bond motifs is 1. The number of rotatable bonds is 5. The molecule has 1 aliphatic heterocycles. The van der Waals surface area contributed by atoms with Crippen molar-refractivity contribution in [3.8, 4) is 11.5 Å². The normalized spacial score (nSPS) is 17.7. The van der Waals surface area contributed by atoms with Gasteiger partial charge in [-0.05, 0) is 60.2 Å². The molecule has 9 heteroatoms. The number of thiophene rings is 1. The Hall–Kier alpha value is -3.07. The molecule has 1 aliphatic rings. The van der Waals surface area contributed by atoms with Crippen LogP contribution in [0.2, 0.25) is 0 Å². The first kappa shape index (κ1) is 23.6. The number of amides is 3. The zero-order chi connectivity index (χ0) is 22.8. The van der Waals surface area contributed by atoms with Crippen molar-refractivity contribution in [2.45, 2.75) is 38.1 Å². The van der Waals surface area contributed by atoms with E-state index < -0.39 is 6.04 Å². The molecule has 0 radical (unpaired) electrons. The molecule has 1 aromatic heterocycles. The fourth-order valence-electron chi connectivity index (χ4n) is 3.39. The maximum Gasteiger partial charge on any atom is 0.255 e. The Morgan fingerprint density at radius 2 is 2.09 bits per heavy atom. The van der Waals surface area contributed by atoms with Crippen LogP contribution in [0.3, 0.4) is 0 Å². The van der Waals surface area contributed by atoms with Gasteiger partial charge >= 0.3 is 0 Å². The van der Waals surface area contributed by atoms with E-state index in [0.29, 0.717) is 55.7 Å². The molecule has 3 amide bonds. The highest BCUT2D eigenvalue weighted by molar-refractivity contribution is 7.07. The smallest absolute Gasteiger partial charge is 0.255 e. The third-order valence-electron chi connectivity index (χ3n) is 5.17. The molecular weight excluding hydrogens is 430 g/mol. The summed E-state index contributed by atoms with van der Waals surface area (Å²) in [6.07, 6.45) is 2.85. The van der Waals surface area contributed by atoms with Gasteiger partial charge < -0.3 is 25.4 Å². The molecule has 172 valence electrons. The van der Waals surface area contributed by atoms with Crippen LogP contribution < -0.4 is 25.4 Å². The van der Waals surface area contributed by atoms with E-state index in [1.807, 2.05) is 16.8 Å². The minimum Gasteiger partial charge on any atom is -0.497 e. The third kappa shape index (κ3) is 6.98. The van der Waals surface area contributed by atoms with Gasteiger partial charge in [-0.25, -0.2) is 0 Å². The van der Waals surface area contributed by atoms with Gasteiger partial charge in [-0.2, -0.15) is 11.3 Å². The molecule has 0 unspecified atom stereocenters. The summed E-state index contributed by atoms with van der Waals surface area (Å²) in [6, 6.07) is 6.40. The molecule has 0 saturated carbocycles. The summed E-state index contributed by atoms with van der Waals surface area (Å²) in [5, 5.41) is 12.6. The molecule has 3 rings (SSSR count). The van der Waals surface area contributed by atoms with Gasteiger partial charge in [0.2, 0.25) is 11.8 Å². The van der Waals surface area contributed by atoms with Crippen LogP contribution in [0, 0.1) is 0 Å². The molecule has 1 atom stereocenters. The zero-order valence-electron chi connectivity index (χ0n) is 18.1. The quantitative estimate of drug-likeness (QED) is 0.636. The van der Waals surface area contributed by atoms with Crippen molar-refractivity contribution in [2.75, 3.05) is 26.8 Å². The highest BCUT2D eigenvalue weighted by Crippen LogP contribution is 2.25. The molecule has 0 fully saturated rings. The van der Waals surface area contributed by atoms with Crippen LogP contribution in [0.15, 0.2) is 35.0 Å². The molecule has 0 spiro atoms. The summed E-state index contributed by atoms with van der Waals surface area (Å²) in [7, 11) is 1.54. The summed E-state index contributed by atoms with van der Waals surface area (Å²) in [6.45, 7) is 0.890. The van der Waals surface area contributed by atoms with E-state index in [4.69, 9.17) is 9.47 Å². The van der Waals surface area contributed by atoms with Crippen LogP contribution >= 0.6 is 11.3 Å². The van der Waals surface area contributed by atoms with Crippen molar-refractivity contribution in [1.82, 2.24) is 16.0 Å². The molecular formula is C23H29N3O5S.